The Bertz CT molecular complexity index is 776. The van der Waals surface area contributed by atoms with Crippen molar-refractivity contribution < 1.29 is 9.59 Å². The number of nitrogens with one attached hydrogen (secondary N) is 1. The van der Waals surface area contributed by atoms with Gasteiger partial charge in [-0.1, -0.05) is 13.8 Å². The van der Waals surface area contributed by atoms with Gasteiger partial charge in [0.25, 0.3) is 11.8 Å². The van der Waals surface area contributed by atoms with Gasteiger partial charge in [-0.25, -0.2) is 0 Å². The first kappa shape index (κ1) is 18.2. The summed E-state index contributed by atoms with van der Waals surface area (Å²) in [6, 6.07) is 5.55. The van der Waals surface area contributed by atoms with E-state index in [1.807, 2.05) is 40.9 Å². The fourth-order valence-corrected chi connectivity index (χ4v) is 3.35. The van der Waals surface area contributed by atoms with Crippen molar-refractivity contribution in [3.8, 4) is 0 Å². The molecule has 2 aromatic rings. The van der Waals surface area contributed by atoms with Crippen molar-refractivity contribution in [2.45, 2.75) is 26.7 Å². The first-order valence-corrected chi connectivity index (χ1v) is 9.20. The number of aryl methyl sites for hydroxylation is 1. The summed E-state index contributed by atoms with van der Waals surface area (Å²) in [6.07, 6.45) is 3.51. The zero-order chi connectivity index (χ0) is 18.7. The fourth-order valence-electron chi connectivity index (χ4n) is 3.35. The molecule has 26 heavy (non-hydrogen) atoms. The number of rotatable bonds is 4. The van der Waals surface area contributed by atoms with Gasteiger partial charge in [-0.3, -0.25) is 14.7 Å². The van der Waals surface area contributed by atoms with Crippen LogP contribution in [0.1, 0.15) is 46.9 Å². The van der Waals surface area contributed by atoms with Crippen LogP contribution in [0.25, 0.3) is 0 Å². The smallest absolute Gasteiger partial charge is 0.274 e. The van der Waals surface area contributed by atoms with Gasteiger partial charge < -0.3 is 14.4 Å². The monoisotopic (exact) mass is 357 g/mol. The van der Waals surface area contributed by atoms with E-state index in [-0.39, 0.29) is 11.8 Å². The normalized spacial score (nSPS) is 15.4. The standard InChI is InChI=1S/C19H27N5O2/c1-14(2)12-15-13-16(21-20-15)18(25)23-8-5-9-24(11-10-23)19(26)17-6-4-7-22(17)3/h4,6-7,13-14H,5,8-12H2,1-3H3,(H,20,21). The lowest BCUT2D eigenvalue weighted by Gasteiger charge is -2.22. The molecule has 1 fully saturated rings. The molecule has 0 aromatic carbocycles. The average molecular weight is 357 g/mol. The minimum Gasteiger partial charge on any atom is -0.347 e. The molecule has 2 amide bonds. The summed E-state index contributed by atoms with van der Waals surface area (Å²) in [7, 11) is 1.87. The third-order valence-corrected chi connectivity index (χ3v) is 4.71. The molecular weight excluding hydrogens is 330 g/mol. The highest BCUT2D eigenvalue weighted by atomic mass is 16.2. The molecule has 0 unspecified atom stereocenters. The van der Waals surface area contributed by atoms with Crippen LogP contribution >= 0.6 is 0 Å². The highest BCUT2D eigenvalue weighted by Crippen LogP contribution is 2.13. The molecule has 0 aliphatic carbocycles. The molecule has 2 aromatic heterocycles. The van der Waals surface area contributed by atoms with Gasteiger partial charge >= 0.3 is 0 Å². The minimum atomic E-state index is -0.0654. The van der Waals surface area contributed by atoms with Crippen LogP contribution in [0.2, 0.25) is 0 Å². The molecular formula is C19H27N5O2. The van der Waals surface area contributed by atoms with Gasteiger partial charge in [0.1, 0.15) is 11.4 Å². The Labute approximate surface area is 154 Å². The lowest BCUT2D eigenvalue weighted by atomic mass is 10.1. The highest BCUT2D eigenvalue weighted by molar-refractivity contribution is 5.94. The molecule has 1 N–H and O–H groups in total. The van der Waals surface area contributed by atoms with Crippen molar-refractivity contribution >= 4 is 11.8 Å². The maximum Gasteiger partial charge on any atom is 0.274 e. The number of carbonyl (C=O) groups is 2. The third kappa shape index (κ3) is 3.98. The van der Waals surface area contributed by atoms with Crippen LogP contribution in [0.5, 0.6) is 0 Å². The van der Waals surface area contributed by atoms with Crippen LogP contribution in [0.15, 0.2) is 24.4 Å². The van der Waals surface area contributed by atoms with Crippen LogP contribution in [0.3, 0.4) is 0 Å². The van der Waals surface area contributed by atoms with Crippen molar-refractivity contribution in [2.75, 3.05) is 26.2 Å². The molecule has 1 aliphatic rings. The molecule has 0 atom stereocenters. The van der Waals surface area contributed by atoms with Crippen molar-refractivity contribution in [3.63, 3.8) is 0 Å². The molecule has 1 saturated heterocycles. The molecule has 1 aliphatic heterocycles. The van der Waals surface area contributed by atoms with E-state index in [2.05, 4.69) is 24.0 Å². The van der Waals surface area contributed by atoms with Gasteiger partial charge in [0.2, 0.25) is 0 Å². The molecule has 0 bridgehead atoms. The Balaban J connectivity index is 1.63. The zero-order valence-electron chi connectivity index (χ0n) is 15.7. The zero-order valence-corrected chi connectivity index (χ0v) is 15.7. The number of hydrogen-bond acceptors (Lipinski definition) is 3. The maximum absolute atomic E-state index is 12.7. The summed E-state index contributed by atoms with van der Waals surface area (Å²) in [6.45, 7) is 6.64. The van der Waals surface area contributed by atoms with Gasteiger partial charge in [-0.15, -0.1) is 0 Å². The quantitative estimate of drug-likeness (QED) is 0.909. The number of aromatic nitrogens is 3. The largest absolute Gasteiger partial charge is 0.347 e. The molecule has 7 heteroatoms. The summed E-state index contributed by atoms with van der Waals surface area (Å²) in [4.78, 5) is 29.0. The van der Waals surface area contributed by atoms with Crippen molar-refractivity contribution in [1.29, 1.82) is 0 Å². The van der Waals surface area contributed by atoms with E-state index >= 15 is 0 Å². The summed E-state index contributed by atoms with van der Waals surface area (Å²) < 4.78 is 1.83. The summed E-state index contributed by atoms with van der Waals surface area (Å²) in [5, 5.41) is 7.14. The predicted molar refractivity (Wildman–Crippen MR) is 99.0 cm³/mol. The van der Waals surface area contributed by atoms with Crippen LogP contribution in [-0.4, -0.2) is 62.6 Å². The third-order valence-electron chi connectivity index (χ3n) is 4.71. The Morgan fingerprint density at radius 3 is 2.46 bits per heavy atom. The van der Waals surface area contributed by atoms with Gasteiger partial charge in [0.15, 0.2) is 0 Å². The second-order valence-electron chi connectivity index (χ2n) is 7.32. The maximum atomic E-state index is 12.7. The van der Waals surface area contributed by atoms with E-state index in [9.17, 15) is 9.59 Å². The fraction of sp³-hybridized carbons (Fsp3) is 0.526. The SMILES string of the molecule is CC(C)Cc1cc(C(=O)N2CCCN(C(=O)c3cccn3C)CC2)n[nH]1. The Morgan fingerprint density at radius 2 is 1.85 bits per heavy atom. The second-order valence-corrected chi connectivity index (χ2v) is 7.32. The average Bonchev–Trinajstić information content (AvgIpc) is 3.15. The highest BCUT2D eigenvalue weighted by Gasteiger charge is 2.25. The summed E-state index contributed by atoms with van der Waals surface area (Å²) in [5.74, 6) is 0.462. The van der Waals surface area contributed by atoms with Crippen LogP contribution < -0.4 is 0 Å². The van der Waals surface area contributed by atoms with E-state index < -0.39 is 0 Å². The van der Waals surface area contributed by atoms with Gasteiger partial charge in [0, 0.05) is 45.1 Å². The van der Waals surface area contributed by atoms with Crippen molar-refractivity contribution in [3.05, 3.63) is 41.5 Å². The molecule has 140 valence electrons. The molecule has 0 spiro atoms. The summed E-state index contributed by atoms with van der Waals surface area (Å²) >= 11 is 0. The molecule has 3 rings (SSSR count). The molecule has 3 heterocycles. The Kier molecular flexibility index (Phi) is 5.44. The van der Waals surface area contributed by atoms with Crippen molar-refractivity contribution in [1.82, 2.24) is 24.6 Å². The van der Waals surface area contributed by atoms with E-state index in [1.165, 1.54) is 0 Å². The lowest BCUT2D eigenvalue weighted by molar-refractivity contribution is 0.0711. The molecule has 0 radical (unpaired) electrons. The number of amides is 2. The van der Waals surface area contributed by atoms with Gasteiger partial charge in [0.05, 0.1) is 0 Å². The van der Waals surface area contributed by atoms with Gasteiger partial charge in [-0.2, -0.15) is 5.10 Å². The molecule has 0 saturated carbocycles. The van der Waals surface area contributed by atoms with Crippen LogP contribution in [0, 0.1) is 5.92 Å². The van der Waals surface area contributed by atoms with E-state index in [4.69, 9.17) is 0 Å². The summed E-state index contributed by atoms with van der Waals surface area (Å²) in [5.41, 5.74) is 2.12. The number of H-pyrrole nitrogens is 1. The van der Waals surface area contributed by atoms with Crippen molar-refractivity contribution in [2.24, 2.45) is 13.0 Å². The predicted octanol–water partition coefficient (Wildman–Crippen LogP) is 1.94. The molecule has 7 nitrogen and oxygen atoms in total. The number of hydrogen-bond donors (Lipinski definition) is 1. The van der Waals surface area contributed by atoms with Crippen LogP contribution in [-0.2, 0) is 13.5 Å². The first-order valence-electron chi connectivity index (χ1n) is 9.20. The van der Waals surface area contributed by atoms with E-state index in [1.54, 1.807) is 4.90 Å². The Hall–Kier alpha value is -2.57. The minimum absolute atomic E-state index is 0.0192. The first-order chi connectivity index (χ1) is 12.5. The number of aromatic amines is 1. The van der Waals surface area contributed by atoms with Gasteiger partial charge in [-0.05, 0) is 37.0 Å². The number of nitrogens with zero attached hydrogens (tertiary/aromatic N) is 4. The second kappa shape index (κ2) is 7.76. The van der Waals surface area contributed by atoms with E-state index in [0.29, 0.717) is 43.5 Å². The Morgan fingerprint density at radius 1 is 1.15 bits per heavy atom. The topological polar surface area (TPSA) is 74.2 Å². The van der Waals surface area contributed by atoms with E-state index in [0.717, 1.165) is 18.5 Å². The van der Waals surface area contributed by atoms with Crippen LogP contribution in [0.4, 0.5) is 0 Å². The number of carbonyl (C=O) groups excluding carboxylic acids is 2. The lowest BCUT2D eigenvalue weighted by Crippen LogP contribution is -2.38.